The number of rotatable bonds is 1. The lowest BCUT2D eigenvalue weighted by Gasteiger charge is -2.30. The molecule has 1 aliphatic heterocycles. The summed E-state index contributed by atoms with van der Waals surface area (Å²) < 4.78 is 22.4. The second-order valence-electron chi connectivity index (χ2n) is 4.77. The molecular formula is C11H12ClNO3S. The Bertz CT molecular complexity index is 593. The zero-order valence-electron chi connectivity index (χ0n) is 9.45. The van der Waals surface area contributed by atoms with Crippen LogP contribution in [0.15, 0.2) is 23.1 Å². The van der Waals surface area contributed by atoms with Crippen molar-refractivity contribution in [3.63, 3.8) is 0 Å². The molecule has 92 valence electrons. The lowest BCUT2D eigenvalue weighted by Crippen LogP contribution is -2.37. The van der Waals surface area contributed by atoms with Crippen molar-refractivity contribution in [3.05, 3.63) is 23.8 Å². The molecule has 0 saturated heterocycles. The van der Waals surface area contributed by atoms with Crippen molar-refractivity contribution in [1.82, 2.24) is 0 Å². The molecule has 0 unspecified atom stereocenters. The van der Waals surface area contributed by atoms with Crippen LogP contribution in [0, 0.1) is 5.41 Å². The van der Waals surface area contributed by atoms with Crippen molar-refractivity contribution in [3.8, 4) is 0 Å². The Morgan fingerprint density at radius 2 is 2.00 bits per heavy atom. The second-order valence-corrected chi connectivity index (χ2v) is 7.34. The van der Waals surface area contributed by atoms with Crippen molar-refractivity contribution in [1.29, 1.82) is 0 Å². The monoisotopic (exact) mass is 273 g/mol. The normalized spacial score (nSPS) is 18.4. The molecule has 0 radical (unpaired) electrons. The summed E-state index contributed by atoms with van der Waals surface area (Å²) in [6.45, 7) is 3.63. The predicted octanol–water partition coefficient (Wildman–Crippen LogP) is 2.13. The topological polar surface area (TPSA) is 63.2 Å². The third-order valence-electron chi connectivity index (χ3n) is 2.85. The number of carbonyl (C=O) groups excluding carboxylic acids is 1. The van der Waals surface area contributed by atoms with Gasteiger partial charge in [0.1, 0.15) is 0 Å². The van der Waals surface area contributed by atoms with Crippen molar-refractivity contribution >= 4 is 31.3 Å². The third-order valence-corrected chi connectivity index (χ3v) is 4.21. The maximum atomic E-state index is 11.7. The standard InChI is InChI=1S/C11H12ClNO3S/c1-11(2)6-7-5-8(17(12,15)16)3-4-9(7)13-10(11)14/h3-5H,6H2,1-2H3,(H,13,14). The lowest BCUT2D eigenvalue weighted by molar-refractivity contribution is -0.124. The first-order valence-corrected chi connectivity index (χ1v) is 7.40. The first-order valence-electron chi connectivity index (χ1n) is 5.09. The fourth-order valence-corrected chi connectivity index (χ4v) is 2.64. The van der Waals surface area contributed by atoms with E-state index in [1.807, 2.05) is 13.8 Å². The van der Waals surface area contributed by atoms with E-state index < -0.39 is 14.5 Å². The highest BCUT2D eigenvalue weighted by Crippen LogP contribution is 2.34. The summed E-state index contributed by atoms with van der Waals surface area (Å²) in [6.07, 6.45) is 0.494. The van der Waals surface area contributed by atoms with Gasteiger partial charge in [0, 0.05) is 21.8 Å². The molecule has 0 saturated carbocycles. The quantitative estimate of drug-likeness (QED) is 0.798. The van der Waals surface area contributed by atoms with Crippen molar-refractivity contribution in [2.45, 2.75) is 25.2 Å². The van der Waals surface area contributed by atoms with Gasteiger partial charge in [0.2, 0.25) is 5.91 Å². The fraction of sp³-hybridized carbons (Fsp3) is 0.364. The Morgan fingerprint density at radius 1 is 1.35 bits per heavy atom. The van der Waals surface area contributed by atoms with Crippen LogP contribution in [0.25, 0.3) is 0 Å². The number of hydrogen-bond acceptors (Lipinski definition) is 3. The minimum absolute atomic E-state index is 0.0601. The Hall–Kier alpha value is -1.07. The molecule has 1 aromatic rings. The van der Waals surface area contributed by atoms with E-state index in [1.54, 1.807) is 6.07 Å². The molecule has 1 heterocycles. The van der Waals surface area contributed by atoms with Crippen LogP contribution < -0.4 is 5.32 Å². The van der Waals surface area contributed by atoms with E-state index in [4.69, 9.17) is 10.7 Å². The van der Waals surface area contributed by atoms with Crippen molar-refractivity contribution < 1.29 is 13.2 Å². The molecule has 1 aliphatic rings. The van der Waals surface area contributed by atoms with Crippen LogP contribution in [0.5, 0.6) is 0 Å². The molecule has 0 fully saturated rings. The van der Waals surface area contributed by atoms with Gasteiger partial charge in [-0.1, -0.05) is 13.8 Å². The van der Waals surface area contributed by atoms with Crippen molar-refractivity contribution in [2.24, 2.45) is 5.41 Å². The first kappa shape index (κ1) is 12.4. The summed E-state index contributed by atoms with van der Waals surface area (Å²) in [4.78, 5) is 11.8. The van der Waals surface area contributed by atoms with Crippen LogP contribution >= 0.6 is 10.7 Å². The lowest BCUT2D eigenvalue weighted by atomic mass is 9.81. The molecule has 17 heavy (non-hydrogen) atoms. The molecule has 0 aliphatic carbocycles. The van der Waals surface area contributed by atoms with Gasteiger partial charge in [-0.2, -0.15) is 0 Å². The zero-order valence-corrected chi connectivity index (χ0v) is 11.0. The maximum Gasteiger partial charge on any atom is 0.261 e. The maximum absolute atomic E-state index is 11.7. The molecule has 1 amide bonds. The Morgan fingerprint density at radius 3 is 2.59 bits per heavy atom. The molecule has 1 aromatic carbocycles. The number of anilines is 1. The number of hydrogen-bond donors (Lipinski definition) is 1. The van der Waals surface area contributed by atoms with Crippen LogP contribution in [0.4, 0.5) is 5.69 Å². The summed E-state index contributed by atoms with van der Waals surface area (Å²) in [5, 5.41) is 2.75. The number of halogens is 1. The molecule has 0 bridgehead atoms. The average Bonchev–Trinajstić information content (AvgIpc) is 2.17. The van der Waals surface area contributed by atoms with Gasteiger partial charge >= 0.3 is 0 Å². The Kier molecular flexibility index (Phi) is 2.71. The van der Waals surface area contributed by atoms with Gasteiger partial charge in [-0.05, 0) is 30.2 Å². The van der Waals surface area contributed by atoms with E-state index in [0.717, 1.165) is 5.56 Å². The van der Waals surface area contributed by atoms with E-state index in [9.17, 15) is 13.2 Å². The first-order chi connectivity index (χ1) is 7.70. The number of nitrogens with one attached hydrogen (secondary N) is 1. The smallest absolute Gasteiger partial charge is 0.261 e. The predicted molar refractivity (Wildman–Crippen MR) is 65.6 cm³/mol. The molecule has 0 atom stereocenters. The second kappa shape index (κ2) is 3.71. The van der Waals surface area contributed by atoms with Crippen LogP contribution in [0.3, 0.4) is 0 Å². The zero-order chi connectivity index (χ0) is 12.8. The number of benzene rings is 1. The molecule has 0 spiro atoms. The largest absolute Gasteiger partial charge is 0.325 e. The fourth-order valence-electron chi connectivity index (χ4n) is 1.84. The van der Waals surface area contributed by atoms with Gasteiger partial charge in [0.05, 0.1) is 4.90 Å². The SMILES string of the molecule is CC1(C)Cc2cc(S(=O)(=O)Cl)ccc2NC1=O. The van der Waals surface area contributed by atoms with Gasteiger partial charge in [0.25, 0.3) is 9.05 Å². The van der Waals surface area contributed by atoms with Gasteiger partial charge in [-0.3, -0.25) is 4.79 Å². The Balaban J connectivity index is 2.52. The third kappa shape index (κ3) is 2.30. The summed E-state index contributed by atoms with van der Waals surface area (Å²) in [5.74, 6) is -0.0634. The number of carbonyl (C=O) groups is 1. The highest BCUT2D eigenvalue weighted by Gasteiger charge is 2.33. The van der Waals surface area contributed by atoms with Gasteiger partial charge < -0.3 is 5.32 Å². The molecule has 1 N–H and O–H groups in total. The minimum Gasteiger partial charge on any atom is -0.325 e. The number of amides is 1. The van der Waals surface area contributed by atoms with E-state index in [1.165, 1.54) is 12.1 Å². The number of fused-ring (bicyclic) bond motifs is 1. The highest BCUT2D eigenvalue weighted by molar-refractivity contribution is 8.13. The summed E-state index contributed by atoms with van der Waals surface area (Å²) in [7, 11) is 1.56. The molecule has 4 nitrogen and oxygen atoms in total. The molecule has 6 heteroatoms. The molecule has 0 aromatic heterocycles. The van der Waals surface area contributed by atoms with Gasteiger partial charge in [-0.15, -0.1) is 0 Å². The van der Waals surface area contributed by atoms with Crippen LogP contribution in [-0.2, 0) is 20.3 Å². The molecule has 2 rings (SSSR count). The van der Waals surface area contributed by atoms with Crippen LogP contribution in [0.1, 0.15) is 19.4 Å². The van der Waals surface area contributed by atoms with E-state index in [0.29, 0.717) is 12.1 Å². The van der Waals surface area contributed by atoms with Gasteiger partial charge in [0.15, 0.2) is 0 Å². The summed E-state index contributed by atoms with van der Waals surface area (Å²) in [5.41, 5.74) is 0.900. The highest BCUT2D eigenvalue weighted by atomic mass is 35.7. The average molecular weight is 274 g/mol. The summed E-state index contributed by atoms with van der Waals surface area (Å²) in [6, 6.07) is 4.47. The van der Waals surface area contributed by atoms with E-state index in [-0.39, 0.29) is 10.8 Å². The van der Waals surface area contributed by atoms with E-state index >= 15 is 0 Å². The molecular weight excluding hydrogens is 262 g/mol. The van der Waals surface area contributed by atoms with Crippen molar-refractivity contribution in [2.75, 3.05) is 5.32 Å². The summed E-state index contributed by atoms with van der Waals surface area (Å²) >= 11 is 0. The Labute approximate surface area is 104 Å². The minimum atomic E-state index is -3.73. The van der Waals surface area contributed by atoms with E-state index in [2.05, 4.69) is 5.32 Å². The van der Waals surface area contributed by atoms with Crippen LogP contribution in [0.2, 0.25) is 0 Å². The van der Waals surface area contributed by atoms with Gasteiger partial charge in [-0.25, -0.2) is 8.42 Å². The van der Waals surface area contributed by atoms with Crippen LogP contribution in [-0.4, -0.2) is 14.3 Å².